The Bertz CT molecular complexity index is 1250. The Morgan fingerprint density at radius 3 is 2.57 bits per heavy atom. The lowest BCUT2D eigenvalue weighted by molar-refractivity contribution is 0.414. The van der Waals surface area contributed by atoms with Crippen LogP contribution in [0.1, 0.15) is 29.2 Å². The number of nitrogens with one attached hydrogen (secondary N) is 1. The molecule has 1 aliphatic rings. The average molecular weight is 438 g/mol. The van der Waals surface area contributed by atoms with E-state index in [2.05, 4.69) is 48.0 Å². The first kappa shape index (κ1) is 20.6. The van der Waals surface area contributed by atoms with Crippen molar-refractivity contribution < 1.29 is 13.2 Å². The fourth-order valence-electron chi connectivity index (χ4n) is 3.74. The van der Waals surface area contributed by atoms with Crippen LogP contribution >= 0.6 is 11.8 Å². The van der Waals surface area contributed by atoms with Gasteiger partial charge in [0.15, 0.2) is 0 Å². The van der Waals surface area contributed by atoms with Gasteiger partial charge in [-0.15, -0.1) is 11.8 Å². The van der Waals surface area contributed by atoms with Crippen LogP contribution in [0.15, 0.2) is 71.6 Å². The van der Waals surface area contributed by atoms with E-state index in [9.17, 15) is 8.42 Å². The lowest BCUT2D eigenvalue weighted by Crippen LogP contribution is -2.09. The van der Waals surface area contributed by atoms with Crippen molar-refractivity contribution in [3.8, 4) is 5.75 Å². The van der Waals surface area contributed by atoms with Crippen LogP contribution in [0.3, 0.4) is 0 Å². The zero-order chi connectivity index (χ0) is 21.3. The van der Waals surface area contributed by atoms with Gasteiger partial charge in [-0.05, 0) is 70.7 Å². The standard InChI is InChI=1S/C24H23NO3S2/c1-16(17-7-6-8-19(13-17)25-30(3,26)27)24-21-12-11-20(28-2)14-18(21)15-29-23-10-5-4-9-22(23)24/h4-14,25H,15H2,1-3H3. The number of hydrogen-bond acceptors (Lipinski definition) is 4. The van der Waals surface area contributed by atoms with Crippen LogP contribution in [0.2, 0.25) is 0 Å². The molecule has 0 aromatic heterocycles. The minimum atomic E-state index is -3.34. The summed E-state index contributed by atoms with van der Waals surface area (Å²) in [4.78, 5) is 1.23. The highest BCUT2D eigenvalue weighted by Gasteiger charge is 2.21. The van der Waals surface area contributed by atoms with Crippen molar-refractivity contribution in [1.82, 2.24) is 0 Å². The van der Waals surface area contributed by atoms with Crippen molar-refractivity contribution in [2.75, 3.05) is 18.1 Å². The summed E-state index contributed by atoms with van der Waals surface area (Å²) in [7, 11) is -1.66. The molecule has 0 bridgehead atoms. The summed E-state index contributed by atoms with van der Waals surface area (Å²) in [6.07, 6.45) is 1.16. The minimum absolute atomic E-state index is 0.557. The normalized spacial score (nSPS) is 14.9. The van der Waals surface area contributed by atoms with E-state index < -0.39 is 10.0 Å². The Labute approximate surface area is 182 Å². The molecule has 0 radical (unpaired) electrons. The Hall–Kier alpha value is -2.70. The van der Waals surface area contributed by atoms with E-state index in [-0.39, 0.29) is 0 Å². The highest BCUT2D eigenvalue weighted by molar-refractivity contribution is 7.98. The molecule has 0 saturated carbocycles. The molecule has 154 valence electrons. The summed E-state index contributed by atoms with van der Waals surface area (Å²) >= 11 is 1.82. The summed E-state index contributed by atoms with van der Waals surface area (Å²) < 4.78 is 31.4. The van der Waals surface area contributed by atoms with Gasteiger partial charge in [0.1, 0.15) is 5.75 Å². The van der Waals surface area contributed by atoms with E-state index >= 15 is 0 Å². The zero-order valence-electron chi connectivity index (χ0n) is 17.1. The lowest BCUT2D eigenvalue weighted by atomic mass is 9.88. The summed E-state index contributed by atoms with van der Waals surface area (Å²) in [6, 6.07) is 22.2. The molecule has 3 aromatic rings. The molecule has 0 atom stereocenters. The van der Waals surface area contributed by atoms with Gasteiger partial charge in [-0.2, -0.15) is 0 Å². The number of thioether (sulfide) groups is 1. The topological polar surface area (TPSA) is 55.4 Å². The maximum Gasteiger partial charge on any atom is 0.229 e. The number of ether oxygens (including phenoxy) is 1. The minimum Gasteiger partial charge on any atom is -0.497 e. The Morgan fingerprint density at radius 1 is 1.00 bits per heavy atom. The molecule has 0 spiro atoms. The second-order valence-corrected chi connectivity index (χ2v) is 10.0. The first-order valence-corrected chi connectivity index (χ1v) is 12.4. The summed E-state index contributed by atoms with van der Waals surface area (Å²) in [5, 5.41) is 0. The first-order valence-electron chi connectivity index (χ1n) is 9.54. The number of hydrogen-bond donors (Lipinski definition) is 1. The fourth-order valence-corrected chi connectivity index (χ4v) is 5.34. The smallest absolute Gasteiger partial charge is 0.229 e. The van der Waals surface area contributed by atoms with Crippen LogP contribution in [0.25, 0.3) is 11.1 Å². The predicted octanol–water partition coefficient (Wildman–Crippen LogP) is 5.65. The highest BCUT2D eigenvalue weighted by Crippen LogP contribution is 2.44. The lowest BCUT2D eigenvalue weighted by Gasteiger charge is -2.17. The van der Waals surface area contributed by atoms with Crippen LogP contribution in [0, 0.1) is 0 Å². The van der Waals surface area contributed by atoms with E-state index in [0.29, 0.717) is 5.69 Å². The van der Waals surface area contributed by atoms with Crippen LogP contribution < -0.4 is 9.46 Å². The molecule has 0 aliphatic carbocycles. The first-order chi connectivity index (χ1) is 14.4. The fraction of sp³-hybridized carbons (Fsp3) is 0.167. The molecule has 3 aromatic carbocycles. The van der Waals surface area contributed by atoms with E-state index in [4.69, 9.17) is 4.74 Å². The summed E-state index contributed by atoms with van der Waals surface area (Å²) in [6.45, 7) is 2.09. The molecule has 4 rings (SSSR count). The molecule has 0 saturated heterocycles. The molecule has 1 N–H and O–H groups in total. The summed E-state index contributed by atoms with van der Waals surface area (Å²) in [5.74, 6) is 1.70. The van der Waals surface area contributed by atoms with Crippen molar-refractivity contribution in [1.29, 1.82) is 0 Å². The maximum atomic E-state index is 11.7. The largest absolute Gasteiger partial charge is 0.497 e. The third-order valence-corrected chi connectivity index (χ3v) is 6.82. The average Bonchev–Trinajstić information content (AvgIpc) is 2.88. The van der Waals surface area contributed by atoms with Crippen LogP contribution in [0.5, 0.6) is 5.75 Å². The number of allylic oxidation sites excluding steroid dienone is 1. The van der Waals surface area contributed by atoms with Crippen LogP contribution in [-0.2, 0) is 15.8 Å². The Kier molecular flexibility index (Phi) is 5.62. The monoisotopic (exact) mass is 437 g/mol. The molecule has 0 unspecified atom stereocenters. The SMILES string of the molecule is COc1ccc2c(c1)CSc1ccccc1C2=C(C)c1cccc(NS(C)(=O)=O)c1. The summed E-state index contributed by atoms with van der Waals surface area (Å²) in [5.41, 5.74) is 7.36. The molecule has 0 fully saturated rings. The van der Waals surface area contributed by atoms with E-state index in [0.717, 1.165) is 34.5 Å². The molecule has 1 heterocycles. The van der Waals surface area contributed by atoms with Crippen molar-refractivity contribution >= 4 is 38.6 Å². The van der Waals surface area contributed by atoms with Crippen LogP contribution in [-0.4, -0.2) is 21.8 Å². The second-order valence-electron chi connectivity index (χ2n) is 7.26. The number of methoxy groups -OCH3 is 1. The number of benzene rings is 3. The van der Waals surface area contributed by atoms with Crippen molar-refractivity contribution in [2.24, 2.45) is 0 Å². The quantitative estimate of drug-likeness (QED) is 0.573. The van der Waals surface area contributed by atoms with Gasteiger partial charge in [0, 0.05) is 16.3 Å². The Balaban J connectivity index is 1.94. The molecule has 0 amide bonds. The molecule has 4 nitrogen and oxygen atoms in total. The van der Waals surface area contributed by atoms with Crippen molar-refractivity contribution in [3.05, 3.63) is 89.0 Å². The molecule has 6 heteroatoms. The number of rotatable bonds is 4. The van der Waals surface area contributed by atoms with Crippen molar-refractivity contribution in [3.63, 3.8) is 0 Å². The number of sulfonamides is 1. The van der Waals surface area contributed by atoms with Gasteiger partial charge in [-0.3, -0.25) is 4.72 Å². The van der Waals surface area contributed by atoms with Gasteiger partial charge in [-0.1, -0.05) is 36.4 Å². The van der Waals surface area contributed by atoms with Gasteiger partial charge < -0.3 is 4.74 Å². The molecular weight excluding hydrogens is 414 g/mol. The van der Waals surface area contributed by atoms with Crippen molar-refractivity contribution in [2.45, 2.75) is 17.6 Å². The van der Waals surface area contributed by atoms with E-state index in [1.807, 2.05) is 36.0 Å². The van der Waals surface area contributed by atoms with E-state index in [1.54, 1.807) is 13.2 Å². The van der Waals surface area contributed by atoms with Gasteiger partial charge in [0.05, 0.1) is 13.4 Å². The van der Waals surface area contributed by atoms with E-state index in [1.165, 1.54) is 21.6 Å². The molecule has 30 heavy (non-hydrogen) atoms. The molecular formula is C24H23NO3S2. The third kappa shape index (κ3) is 4.25. The predicted molar refractivity (Wildman–Crippen MR) is 125 cm³/mol. The zero-order valence-corrected chi connectivity index (χ0v) is 18.7. The number of anilines is 1. The Morgan fingerprint density at radius 2 is 1.80 bits per heavy atom. The maximum absolute atomic E-state index is 11.7. The third-order valence-electron chi connectivity index (χ3n) is 5.10. The second kappa shape index (κ2) is 8.20. The highest BCUT2D eigenvalue weighted by atomic mass is 32.2. The van der Waals surface area contributed by atoms with Gasteiger partial charge >= 0.3 is 0 Å². The van der Waals surface area contributed by atoms with Gasteiger partial charge in [-0.25, -0.2) is 8.42 Å². The number of fused-ring (bicyclic) bond motifs is 2. The molecule has 1 aliphatic heterocycles. The van der Waals surface area contributed by atoms with Gasteiger partial charge in [0.2, 0.25) is 10.0 Å². The van der Waals surface area contributed by atoms with Gasteiger partial charge in [0.25, 0.3) is 0 Å². The van der Waals surface area contributed by atoms with Crippen LogP contribution in [0.4, 0.5) is 5.69 Å².